The zero-order chi connectivity index (χ0) is 17.8. The first-order chi connectivity index (χ1) is 12.0. The molecule has 2 N–H and O–H groups in total. The number of aliphatic hydroxyl groups is 1. The Labute approximate surface area is 146 Å². The Morgan fingerprint density at radius 3 is 2.40 bits per heavy atom. The van der Waals surface area contributed by atoms with Gasteiger partial charge in [0, 0.05) is 32.7 Å². The van der Waals surface area contributed by atoms with Crippen molar-refractivity contribution in [1.29, 1.82) is 0 Å². The summed E-state index contributed by atoms with van der Waals surface area (Å²) >= 11 is 0. The van der Waals surface area contributed by atoms with Gasteiger partial charge >= 0.3 is 6.03 Å². The Morgan fingerprint density at radius 1 is 1.12 bits per heavy atom. The molecule has 0 aliphatic carbocycles. The van der Waals surface area contributed by atoms with Crippen LogP contribution in [-0.4, -0.2) is 83.5 Å². The molecule has 0 spiro atoms. The van der Waals surface area contributed by atoms with Crippen LogP contribution in [0.3, 0.4) is 0 Å². The molecule has 0 aromatic heterocycles. The second-order valence-electron chi connectivity index (χ2n) is 6.25. The van der Waals surface area contributed by atoms with Gasteiger partial charge in [0.25, 0.3) is 5.91 Å². The molecule has 1 aromatic rings. The summed E-state index contributed by atoms with van der Waals surface area (Å²) in [4.78, 5) is 40.0. The molecule has 0 radical (unpaired) electrons. The molecule has 1 aromatic carbocycles. The van der Waals surface area contributed by atoms with Crippen LogP contribution < -0.4 is 5.32 Å². The number of carbonyl (C=O) groups excluding carboxylic acids is 3. The van der Waals surface area contributed by atoms with Crippen LogP contribution >= 0.6 is 0 Å². The van der Waals surface area contributed by atoms with Gasteiger partial charge in [0.2, 0.25) is 5.91 Å². The molecular formula is C17H22N4O4. The molecule has 2 fully saturated rings. The van der Waals surface area contributed by atoms with E-state index in [1.165, 1.54) is 0 Å². The molecule has 134 valence electrons. The summed E-state index contributed by atoms with van der Waals surface area (Å²) in [6, 6.07) is 8.97. The fourth-order valence-electron chi connectivity index (χ4n) is 3.06. The van der Waals surface area contributed by atoms with Gasteiger partial charge in [-0.05, 0) is 5.56 Å². The Bertz CT molecular complexity index is 627. The van der Waals surface area contributed by atoms with Crippen molar-refractivity contribution in [3.05, 3.63) is 35.9 Å². The number of urea groups is 1. The predicted molar refractivity (Wildman–Crippen MR) is 89.5 cm³/mol. The predicted octanol–water partition coefficient (Wildman–Crippen LogP) is -0.584. The average molecular weight is 346 g/mol. The highest BCUT2D eigenvalue weighted by atomic mass is 16.3. The van der Waals surface area contributed by atoms with E-state index in [1.54, 1.807) is 4.90 Å². The van der Waals surface area contributed by atoms with Crippen LogP contribution in [0.1, 0.15) is 11.7 Å². The molecule has 1 atom stereocenters. The lowest BCUT2D eigenvalue weighted by Crippen LogP contribution is -2.52. The Hall–Kier alpha value is -2.45. The second-order valence-corrected chi connectivity index (χ2v) is 6.25. The summed E-state index contributed by atoms with van der Waals surface area (Å²) in [5.74, 6) is -0.600. The minimum absolute atomic E-state index is 0.0444. The fraction of sp³-hybridized carbons (Fsp3) is 0.471. The van der Waals surface area contributed by atoms with Crippen molar-refractivity contribution in [2.24, 2.45) is 0 Å². The van der Waals surface area contributed by atoms with Gasteiger partial charge in [0.1, 0.15) is 6.54 Å². The number of imide groups is 1. The van der Waals surface area contributed by atoms with Crippen LogP contribution in [0.25, 0.3) is 0 Å². The maximum atomic E-state index is 12.3. The molecule has 2 saturated heterocycles. The summed E-state index contributed by atoms with van der Waals surface area (Å²) in [5, 5.41) is 12.7. The van der Waals surface area contributed by atoms with Crippen molar-refractivity contribution < 1.29 is 19.5 Å². The van der Waals surface area contributed by atoms with Crippen molar-refractivity contribution in [3.8, 4) is 0 Å². The van der Waals surface area contributed by atoms with Crippen LogP contribution in [0.15, 0.2) is 30.3 Å². The van der Waals surface area contributed by atoms with E-state index >= 15 is 0 Å². The zero-order valence-electron chi connectivity index (χ0n) is 13.9. The number of β-amino-alcohol motifs (C(OH)–C–C–N with tert-alkyl or cyclic N) is 1. The van der Waals surface area contributed by atoms with Crippen molar-refractivity contribution in [2.45, 2.75) is 6.10 Å². The number of hydrogen-bond donors (Lipinski definition) is 2. The topological polar surface area (TPSA) is 93.2 Å². The number of carbonyl (C=O) groups is 3. The van der Waals surface area contributed by atoms with E-state index in [4.69, 9.17) is 0 Å². The molecule has 3 rings (SSSR count). The number of rotatable bonds is 5. The Morgan fingerprint density at radius 2 is 1.80 bits per heavy atom. The molecule has 0 bridgehead atoms. The minimum atomic E-state index is -0.561. The lowest BCUT2D eigenvalue weighted by molar-refractivity contribution is -0.137. The number of benzene rings is 1. The third-order valence-corrected chi connectivity index (χ3v) is 4.57. The van der Waals surface area contributed by atoms with Gasteiger partial charge in [0.05, 0.1) is 12.6 Å². The van der Waals surface area contributed by atoms with Gasteiger partial charge in [-0.2, -0.15) is 0 Å². The molecule has 2 heterocycles. The molecule has 0 saturated carbocycles. The second kappa shape index (κ2) is 7.62. The van der Waals surface area contributed by atoms with E-state index < -0.39 is 12.1 Å². The Kier molecular flexibility index (Phi) is 5.30. The molecule has 8 nitrogen and oxygen atoms in total. The molecule has 4 amide bonds. The van der Waals surface area contributed by atoms with Crippen molar-refractivity contribution in [2.75, 3.05) is 45.8 Å². The quantitative estimate of drug-likeness (QED) is 0.696. The normalized spacial score (nSPS) is 19.9. The fourth-order valence-corrected chi connectivity index (χ4v) is 3.06. The van der Waals surface area contributed by atoms with E-state index in [-0.39, 0.29) is 24.9 Å². The van der Waals surface area contributed by atoms with Crippen molar-refractivity contribution in [3.63, 3.8) is 0 Å². The smallest absolute Gasteiger partial charge is 0.325 e. The molecule has 1 unspecified atom stereocenters. The van der Waals surface area contributed by atoms with Gasteiger partial charge in [-0.1, -0.05) is 30.3 Å². The summed E-state index contributed by atoms with van der Waals surface area (Å²) in [7, 11) is 0. The third kappa shape index (κ3) is 4.15. The third-order valence-electron chi connectivity index (χ3n) is 4.57. The van der Waals surface area contributed by atoms with Crippen LogP contribution in [0, 0.1) is 0 Å². The van der Waals surface area contributed by atoms with E-state index in [1.807, 2.05) is 30.3 Å². The summed E-state index contributed by atoms with van der Waals surface area (Å²) < 4.78 is 0. The van der Waals surface area contributed by atoms with Crippen molar-refractivity contribution in [1.82, 2.24) is 20.0 Å². The van der Waals surface area contributed by atoms with E-state index in [9.17, 15) is 19.5 Å². The van der Waals surface area contributed by atoms with Crippen molar-refractivity contribution >= 4 is 17.8 Å². The standard InChI is InChI=1S/C17H22N4O4/c22-14(13-4-2-1-3-5-13)11-19-6-8-20(9-7-19)16(24)12-21-15(23)10-18-17(21)25/h1-5,14,22H,6-12H2,(H,18,25). The van der Waals surface area contributed by atoms with Gasteiger partial charge < -0.3 is 15.3 Å². The summed E-state index contributed by atoms with van der Waals surface area (Å²) in [5.41, 5.74) is 0.875. The lowest BCUT2D eigenvalue weighted by atomic mass is 10.1. The number of aliphatic hydroxyl groups excluding tert-OH is 1. The van der Waals surface area contributed by atoms with Gasteiger partial charge in [-0.3, -0.25) is 19.4 Å². The molecule has 2 aliphatic rings. The number of piperazine rings is 1. The molecule has 2 aliphatic heterocycles. The maximum Gasteiger partial charge on any atom is 0.325 e. The first-order valence-corrected chi connectivity index (χ1v) is 8.36. The highest BCUT2D eigenvalue weighted by molar-refractivity contribution is 6.04. The zero-order valence-corrected chi connectivity index (χ0v) is 13.9. The van der Waals surface area contributed by atoms with Crippen LogP contribution in [0.5, 0.6) is 0 Å². The summed E-state index contributed by atoms with van der Waals surface area (Å²) in [6.07, 6.45) is -0.561. The molecule has 8 heteroatoms. The first-order valence-electron chi connectivity index (χ1n) is 8.36. The largest absolute Gasteiger partial charge is 0.387 e. The monoisotopic (exact) mass is 346 g/mol. The number of nitrogens with zero attached hydrogens (tertiary/aromatic N) is 3. The summed E-state index contributed by atoms with van der Waals surface area (Å²) in [6.45, 7) is 2.59. The highest BCUT2D eigenvalue weighted by Crippen LogP contribution is 2.15. The minimum Gasteiger partial charge on any atom is -0.387 e. The van der Waals surface area contributed by atoms with Crippen LogP contribution in [0.4, 0.5) is 4.79 Å². The van der Waals surface area contributed by atoms with E-state index in [0.717, 1.165) is 10.5 Å². The number of nitrogens with one attached hydrogen (secondary N) is 1. The number of amides is 4. The van der Waals surface area contributed by atoms with Gasteiger partial charge in [-0.25, -0.2) is 4.79 Å². The van der Waals surface area contributed by atoms with Crippen LogP contribution in [-0.2, 0) is 9.59 Å². The van der Waals surface area contributed by atoms with Gasteiger partial charge in [0.15, 0.2) is 0 Å². The Balaban J connectivity index is 1.46. The SMILES string of the molecule is O=C(CN1C(=O)CNC1=O)N1CCN(CC(O)c2ccccc2)CC1. The molecule has 25 heavy (non-hydrogen) atoms. The van der Waals surface area contributed by atoms with Crippen LogP contribution in [0.2, 0.25) is 0 Å². The highest BCUT2D eigenvalue weighted by Gasteiger charge is 2.32. The van der Waals surface area contributed by atoms with E-state index in [2.05, 4.69) is 10.2 Å². The first kappa shape index (κ1) is 17.4. The number of hydrogen-bond acceptors (Lipinski definition) is 5. The van der Waals surface area contributed by atoms with Gasteiger partial charge in [-0.15, -0.1) is 0 Å². The average Bonchev–Trinajstić information content (AvgIpc) is 2.95. The van der Waals surface area contributed by atoms with E-state index in [0.29, 0.717) is 32.7 Å². The maximum absolute atomic E-state index is 12.3. The molecular weight excluding hydrogens is 324 g/mol. The lowest BCUT2D eigenvalue weighted by Gasteiger charge is -2.36.